The number of amides is 1. The second-order valence-electron chi connectivity index (χ2n) is 5.94. The molecule has 1 aliphatic rings. The van der Waals surface area contributed by atoms with Crippen LogP contribution in [0.4, 0.5) is 0 Å². The zero-order chi connectivity index (χ0) is 15.4. The summed E-state index contributed by atoms with van der Waals surface area (Å²) in [6.07, 6.45) is 1.09. The van der Waals surface area contributed by atoms with Crippen molar-refractivity contribution in [3.8, 4) is 5.75 Å². The number of nitrogens with one attached hydrogen (secondary N) is 2. The molecule has 2 aromatic rings. The van der Waals surface area contributed by atoms with Crippen molar-refractivity contribution in [3.63, 3.8) is 0 Å². The Bertz CT molecular complexity index is 662. The van der Waals surface area contributed by atoms with E-state index < -0.39 is 0 Å². The predicted molar refractivity (Wildman–Crippen MR) is 95.3 cm³/mol. The van der Waals surface area contributed by atoms with Crippen LogP contribution in [0.25, 0.3) is 10.8 Å². The van der Waals surface area contributed by atoms with E-state index in [1.165, 1.54) is 5.39 Å². The molecule has 0 aromatic heterocycles. The summed E-state index contributed by atoms with van der Waals surface area (Å²) >= 11 is 0. The van der Waals surface area contributed by atoms with Crippen molar-refractivity contribution in [2.45, 2.75) is 19.4 Å². The van der Waals surface area contributed by atoms with E-state index in [1.54, 1.807) is 0 Å². The van der Waals surface area contributed by atoms with E-state index in [4.69, 9.17) is 4.74 Å². The second-order valence-corrected chi connectivity index (χ2v) is 5.94. The molecule has 1 amide bonds. The van der Waals surface area contributed by atoms with Crippen molar-refractivity contribution in [2.24, 2.45) is 5.92 Å². The molecular formula is C18H23ClN2O2. The molecule has 4 nitrogen and oxygen atoms in total. The number of rotatable bonds is 4. The van der Waals surface area contributed by atoms with Gasteiger partial charge in [-0.3, -0.25) is 4.79 Å². The Morgan fingerprint density at radius 2 is 2.04 bits per heavy atom. The molecule has 2 N–H and O–H groups in total. The first-order chi connectivity index (χ1) is 10.7. The lowest BCUT2D eigenvalue weighted by Gasteiger charge is -2.30. The fraction of sp³-hybridized carbons (Fsp3) is 0.389. The van der Waals surface area contributed by atoms with Crippen LogP contribution in [-0.2, 0) is 4.79 Å². The number of piperidine rings is 1. The number of carbonyl (C=O) groups is 1. The first-order valence-corrected chi connectivity index (χ1v) is 7.84. The summed E-state index contributed by atoms with van der Waals surface area (Å²) in [6.45, 7) is 4.10. The molecule has 23 heavy (non-hydrogen) atoms. The maximum absolute atomic E-state index is 12.0. The van der Waals surface area contributed by atoms with Gasteiger partial charge in [0.15, 0.2) is 6.61 Å². The first kappa shape index (κ1) is 17.6. The molecule has 124 valence electrons. The van der Waals surface area contributed by atoms with Crippen molar-refractivity contribution < 1.29 is 9.53 Å². The van der Waals surface area contributed by atoms with Crippen LogP contribution >= 0.6 is 12.4 Å². The number of halogens is 1. The van der Waals surface area contributed by atoms with Crippen LogP contribution in [0.15, 0.2) is 42.5 Å². The van der Waals surface area contributed by atoms with Gasteiger partial charge in [-0.05, 0) is 41.8 Å². The van der Waals surface area contributed by atoms with Crippen LogP contribution < -0.4 is 15.4 Å². The van der Waals surface area contributed by atoms with Crippen LogP contribution in [0, 0.1) is 5.92 Å². The number of hydrogen-bond donors (Lipinski definition) is 2. The molecule has 1 fully saturated rings. The van der Waals surface area contributed by atoms with Gasteiger partial charge in [0.2, 0.25) is 0 Å². The van der Waals surface area contributed by atoms with Crippen LogP contribution in [-0.4, -0.2) is 31.6 Å². The summed E-state index contributed by atoms with van der Waals surface area (Å²) in [5, 5.41) is 8.64. The minimum atomic E-state index is -0.0614. The third-order valence-electron chi connectivity index (χ3n) is 4.26. The zero-order valence-corrected chi connectivity index (χ0v) is 14.1. The third kappa shape index (κ3) is 4.60. The number of ether oxygens (including phenoxy) is 1. The number of fused-ring (bicyclic) bond motifs is 1. The highest BCUT2D eigenvalue weighted by Gasteiger charge is 2.22. The number of carbonyl (C=O) groups excluding carboxylic acids is 1. The predicted octanol–water partition coefficient (Wildman–Crippen LogP) is 2.75. The molecule has 0 radical (unpaired) electrons. The molecule has 0 spiro atoms. The highest BCUT2D eigenvalue weighted by Crippen LogP contribution is 2.20. The average Bonchev–Trinajstić information content (AvgIpc) is 2.55. The van der Waals surface area contributed by atoms with Crippen molar-refractivity contribution in [2.75, 3.05) is 19.7 Å². The minimum Gasteiger partial charge on any atom is -0.484 e. The maximum Gasteiger partial charge on any atom is 0.258 e. The lowest BCUT2D eigenvalue weighted by Crippen LogP contribution is -2.51. The summed E-state index contributed by atoms with van der Waals surface area (Å²) in [6, 6.07) is 14.2. The Balaban J connectivity index is 0.00000192. The van der Waals surface area contributed by atoms with E-state index in [-0.39, 0.29) is 31.0 Å². The standard InChI is InChI=1S/C18H22N2O2.ClH/c1-13-8-9-19-11-17(13)20-18(21)12-22-16-7-6-14-4-2-3-5-15(14)10-16;/h2-7,10,13,17,19H,8-9,11-12H2,1H3,(H,20,21);1H. The summed E-state index contributed by atoms with van der Waals surface area (Å²) in [4.78, 5) is 12.0. The van der Waals surface area contributed by atoms with E-state index >= 15 is 0 Å². The van der Waals surface area contributed by atoms with Gasteiger partial charge in [0.1, 0.15) is 5.75 Å². The van der Waals surface area contributed by atoms with E-state index in [0.717, 1.165) is 30.6 Å². The van der Waals surface area contributed by atoms with Crippen molar-refractivity contribution in [1.82, 2.24) is 10.6 Å². The molecule has 0 aliphatic carbocycles. The quantitative estimate of drug-likeness (QED) is 0.904. The lowest BCUT2D eigenvalue weighted by molar-refractivity contribution is -0.124. The average molecular weight is 335 g/mol. The van der Waals surface area contributed by atoms with Gasteiger partial charge in [-0.1, -0.05) is 37.3 Å². The molecular weight excluding hydrogens is 312 g/mol. The highest BCUT2D eigenvalue weighted by atomic mass is 35.5. The Kier molecular flexibility index (Phi) is 6.25. The number of hydrogen-bond acceptors (Lipinski definition) is 3. The van der Waals surface area contributed by atoms with Crippen LogP contribution in [0.3, 0.4) is 0 Å². The van der Waals surface area contributed by atoms with Gasteiger partial charge >= 0.3 is 0 Å². The monoisotopic (exact) mass is 334 g/mol. The first-order valence-electron chi connectivity index (χ1n) is 7.84. The summed E-state index contributed by atoms with van der Waals surface area (Å²) in [5.74, 6) is 1.17. The second kappa shape index (κ2) is 8.18. The maximum atomic E-state index is 12.0. The van der Waals surface area contributed by atoms with Crippen LogP contribution in [0.1, 0.15) is 13.3 Å². The van der Waals surface area contributed by atoms with Crippen LogP contribution in [0.2, 0.25) is 0 Å². The normalized spacial score (nSPS) is 20.6. The fourth-order valence-corrected chi connectivity index (χ4v) is 2.84. The van der Waals surface area contributed by atoms with Crippen molar-refractivity contribution in [3.05, 3.63) is 42.5 Å². The Hall–Kier alpha value is -1.78. The Labute approximate surface area is 143 Å². The Morgan fingerprint density at radius 3 is 2.83 bits per heavy atom. The largest absolute Gasteiger partial charge is 0.484 e. The van der Waals surface area contributed by atoms with Gasteiger partial charge in [-0.2, -0.15) is 0 Å². The van der Waals surface area contributed by atoms with Crippen molar-refractivity contribution in [1.29, 1.82) is 0 Å². The molecule has 0 bridgehead atoms. The van der Waals surface area contributed by atoms with Gasteiger partial charge in [0.05, 0.1) is 0 Å². The molecule has 1 heterocycles. The molecule has 2 atom stereocenters. The summed E-state index contributed by atoms with van der Waals surface area (Å²) < 4.78 is 5.62. The van der Waals surface area contributed by atoms with E-state index in [0.29, 0.717) is 5.92 Å². The lowest BCUT2D eigenvalue weighted by atomic mass is 9.95. The van der Waals surface area contributed by atoms with Crippen molar-refractivity contribution >= 4 is 29.1 Å². The van der Waals surface area contributed by atoms with Gasteiger partial charge in [-0.15, -0.1) is 12.4 Å². The fourth-order valence-electron chi connectivity index (χ4n) is 2.84. The molecule has 1 saturated heterocycles. The Morgan fingerprint density at radius 1 is 1.26 bits per heavy atom. The molecule has 2 unspecified atom stereocenters. The van der Waals surface area contributed by atoms with Gasteiger partial charge < -0.3 is 15.4 Å². The molecule has 3 rings (SSSR count). The summed E-state index contributed by atoms with van der Waals surface area (Å²) in [5.41, 5.74) is 0. The topological polar surface area (TPSA) is 50.4 Å². The van der Waals surface area contributed by atoms with E-state index in [2.05, 4.69) is 23.6 Å². The van der Waals surface area contributed by atoms with Gasteiger partial charge in [0.25, 0.3) is 5.91 Å². The highest BCUT2D eigenvalue weighted by molar-refractivity contribution is 5.85. The van der Waals surface area contributed by atoms with Gasteiger partial charge in [0, 0.05) is 12.6 Å². The van der Waals surface area contributed by atoms with E-state index in [9.17, 15) is 4.79 Å². The molecule has 0 saturated carbocycles. The van der Waals surface area contributed by atoms with Gasteiger partial charge in [-0.25, -0.2) is 0 Å². The minimum absolute atomic E-state index is 0. The van der Waals surface area contributed by atoms with E-state index in [1.807, 2.05) is 36.4 Å². The summed E-state index contributed by atoms with van der Waals surface area (Å²) in [7, 11) is 0. The molecule has 5 heteroatoms. The molecule has 1 aliphatic heterocycles. The number of benzene rings is 2. The zero-order valence-electron chi connectivity index (χ0n) is 13.2. The smallest absolute Gasteiger partial charge is 0.258 e. The SMILES string of the molecule is CC1CCNCC1NC(=O)COc1ccc2ccccc2c1.Cl. The molecule has 2 aromatic carbocycles. The third-order valence-corrected chi connectivity index (χ3v) is 4.26. The van der Waals surface area contributed by atoms with Crippen LogP contribution in [0.5, 0.6) is 5.75 Å².